The molecule has 4 rings (SSSR count). The summed E-state index contributed by atoms with van der Waals surface area (Å²) in [6, 6.07) is 0. The van der Waals surface area contributed by atoms with Crippen LogP contribution in [-0.4, -0.2) is 67.9 Å². The fourth-order valence-electron chi connectivity index (χ4n) is 6.75. The highest BCUT2D eigenvalue weighted by Gasteiger charge is 2.62. The highest BCUT2D eigenvalue weighted by molar-refractivity contribution is 5.72. The number of nitrogens with zero attached hydrogens (tertiary/aromatic N) is 2. The fraction of sp³-hybridized carbons (Fsp3) is 0.923. The third-order valence-electron chi connectivity index (χ3n) is 9.12. The Hall–Kier alpha value is -1.54. The third kappa shape index (κ3) is 4.41. The molecule has 2 N–H and O–H groups in total. The van der Waals surface area contributed by atoms with E-state index in [0.717, 1.165) is 103 Å². The van der Waals surface area contributed by atoms with E-state index in [9.17, 15) is 19.8 Å². The molecule has 4 aliphatic rings. The van der Waals surface area contributed by atoms with Gasteiger partial charge < -0.3 is 19.7 Å². The normalized spacial score (nSPS) is 32.5. The summed E-state index contributed by atoms with van der Waals surface area (Å²) in [6.07, 6.45) is 14.1. The average molecular weight is 481 g/mol. The van der Waals surface area contributed by atoms with Gasteiger partial charge in [-0.05, 0) is 78.1 Å². The van der Waals surface area contributed by atoms with Gasteiger partial charge in [-0.25, -0.2) is 9.59 Å². The number of rotatable bonds is 9. The molecule has 4 fully saturated rings. The Morgan fingerprint density at radius 1 is 0.618 bits per heavy atom. The molecule has 2 aliphatic carbocycles. The number of carbonyl (C=O) groups is 2. The smallest absolute Gasteiger partial charge is 0.412 e. The summed E-state index contributed by atoms with van der Waals surface area (Å²) in [5, 5.41) is 22.3. The Morgan fingerprint density at radius 3 is 1.29 bits per heavy atom. The quantitative estimate of drug-likeness (QED) is 0.448. The van der Waals surface area contributed by atoms with Crippen molar-refractivity contribution in [2.45, 2.75) is 139 Å². The van der Waals surface area contributed by atoms with E-state index < -0.39 is 22.7 Å². The highest BCUT2D eigenvalue weighted by Crippen LogP contribution is 2.48. The zero-order valence-electron chi connectivity index (χ0n) is 21.1. The lowest BCUT2D eigenvalue weighted by molar-refractivity contribution is -0.159. The second-order valence-electron chi connectivity index (χ2n) is 11.3. The summed E-state index contributed by atoms with van der Waals surface area (Å²) in [5.74, 6) is 0. The number of carbonyl (C=O) groups excluding carboxylic acids is 2. The van der Waals surface area contributed by atoms with Crippen molar-refractivity contribution < 1.29 is 29.3 Å². The van der Waals surface area contributed by atoms with Crippen LogP contribution in [0.25, 0.3) is 0 Å². The Labute approximate surface area is 203 Å². The van der Waals surface area contributed by atoms with Crippen LogP contribution in [0.3, 0.4) is 0 Å². The average Bonchev–Trinajstić information content (AvgIpc) is 3.08. The van der Waals surface area contributed by atoms with Crippen molar-refractivity contribution >= 4 is 12.2 Å². The Bertz CT molecular complexity index is 678. The van der Waals surface area contributed by atoms with Crippen molar-refractivity contribution in [1.29, 1.82) is 0 Å². The first-order valence-electron chi connectivity index (χ1n) is 13.6. The van der Waals surface area contributed by atoms with Crippen molar-refractivity contribution in [3.63, 3.8) is 0 Å². The molecule has 0 bridgehead atoms. The first-order valence-corrected chi connectivity index (χ1v) is 13.6. The summed E-state index contributed by atoms with van der Waals surface area (Å²) in [6.45, 7) is 4.49. The first kappa shape index (κ1) is 25.5. The molecule has 2 saturated carbocycles. The van der Waals surface area contributed by atoms with Crippen LogP contribution in [-0.2, 0) is 9.47 Å². The van der Waals surface area contributed by atoms with Crippen LogP contribution in [0, 0.1) is 0 Å². The van der Waals surface area contributed by atoms with Crippen LogP contribution in [0.4, 0.5) is 9.59 Å². The molecule has 2 saturated heterocycles. The van der Waals surface area contributed by atoms with Crippen LogP contribution >= 0.6 is 0 Å². The van der Waals surface area contributed by atoms with Gasteiger partial charge in [-0.15, -0.1) is 0 Å². The predicted molar refractivity (Wildman–Crippen MR) is 127 cm³/mol. The second-order valence-corrected chi connectivity index (χ2v) is 11.3. The zero-order valence-corrected chi connectivity index (χ0v) is 21.1. The molecule has 2 atom stereocenters. The molecule has 2 aliphatic heterocycles. The second kappa shape index (κ2) is 9.84. The van der Waals surface area contributed by atoms with Crippen molar-refractivity contribution in [3.8, 4) is 0 Å². The summed E-state index contributed by atoms with van der Waals surface area (Å²) in [4.78, 5) is 28.0. The topological polar surface area (TPSA) is 99.5 Å². The lowest BCUT2D eigenvalue weighted by Crippen LogP contribution is -2.57. The summed E-state index contributed by atoms with van der Waals surface area (Å²) in [5.41, 5.74) is -3.95. The van der Waals surface area contributed by atoms with Crippen LogP contribution in [0.5, 0.6) is 0 Å². The minimum absolute atomic E-state index is 0.382. The molecular formula is C26H44N2O6. The molecular weight excluding hydrogens is 436 g/mol. The molecule has 0 aromatic carbocycles. The van der Waals surface area contributed by atoms with E-state index in [2.05, 4.69) is 0 Å². The summed E-state index contributed by atoms with van der Waals surface area (Å²) >= 11 is 0. The lowest BCUT2D eigenvalue weighted by atomic mass is 9.77. The summed E-state index contributed by atoms with van der Waals surface area (Å²) < 4.78 is 11.4. The summed E-state index contributed by atoms with van der Waals surface area (Å²) in [7, 11) is 0. The van der Waals surface area contributed by atoms with Gasteiger partial charge in [0.25, 0.3) is 0 Å². The molecule has 34 heavy (non-hydrogen) atoms. The van der Waals surface area contributed by atoms with E-state index in [0.29, 0.717) is 13.1 Å². The molecule has 0 aromatic rings. The number of hydrogen-bond acceptors (Lipinski definition) is 6. The van der Waals surface area contributed by atoms with Crippen LogP contribution in [0.1, 0.15) is 117 Å². The van der Waals surface area contributed by atoms with E-state index in [1.807, 2.05) is 0 Å². The number of aliphatic hydroxyl groups is 2. The Balaban J connectivity index is 1.14. The largest absolute Gasteiger partial charge is 0.438 e. The first-order chi connectivity index (χ1) is 16.2. The van der Waals surface area contributed by atoms with Crippen molar-refractivity contribution in [3.05, 3.63) is 0 Å². The molecule has 2 amide bonds. The van der Waals surface area contributed by atoms with Gasteiger partial charge in [-0.3, -0.25) is 9.80 Å². The van der Waals surface area contributed by atoms with Gasteiger partial charge in [0.2, 0.25) is 0 Å². The number of hydrogen-bond donors (Lipinski definition) is 2. The van der Waals surface area contributed by atoms with E-state index in [-0.39, 0.29) is 12.2 Å². The molecule has 8 heteroatoms. The molecule has 0 aromatic heterocycles. The van der Waals surface area contributed by atoms with Crippen molar-refractivity contribution in [2.75, 3.05) is 13.1 Å². The molecule has 2 spiro atoms. The Kier molecular flexibility index (Phi) is 7.40. The standard InChI is InChI=1S/C26H44N2O6/c1-23(31)25(15-9-7-10-16-25)33-21(29)27(23)19-13-5-3-4-6-14-20-28-22(30)34-26(24(28,2)32)17-11-8-12-18-26/h31-32H,3-20H2,1-2H3/t23-,24+. The van der Waals surface area contributed by atoms with Gasteiger partial charge in [-0.1, -0.05) is 38.5 Å². The third-order valence-corrected chi connectivity index (χ3v) is 9.12. The minimum atomic E-state index is -1.23. The maximum atomic E-state index is 12.5. The zero-order chi connectivity index (χ0) is 24.5. The minimum Gasteiger partial charge on any atom is -0.438 e. The maximum absolute atomic E-state index is 12.5. The molecule has 8 nitrogen and oxygen atoms in total. The van der Waals surface area contributed by atoms with Crippen molar-refractivity contribution in [1.82, 2.24) is 9.80 Å². The Morgan fingerprint density at radius 2 is 0.941 bits per heavy atom. The van der Waals surface area contributed by atoms with Gasteiger partial charge in [0, 0.05) is 13.1 Å². The van der Waals surface area contributed by atoms with E-state index in [4.69, 9.17) is 9.47 Å². The van der Waals surface area contributed by atoms with E-state index in [1.54, 1.807) is 13.8 Å². The SMILES string of the molecule is C[C@]1(O)N(CCCCCCCCN2C(=O)OC3(CCCCC3)[C@]2(C)O)C(=O)OC12CCCCC2. The molecule has 0 unspecified atom stereocenters. The molecule has 0 radical (unpaired) electrons. The van der Waals surface area contributed by atoms with Gasteiger partial charge in [0.1, 0.15) is 0 Å². The van der Waals surface area contributed by atoms with Crippen molar-refractivity contribution in [2.24, 2.45) is 0 Å². The van der Waals surface area contributed by atoms with Gasteiger partial charge in [-0.2, -0.15) is 0 Å². The van der Waals surface area contributed by atoms with Crippen LogP contribution < -0.4 is 0 Å². The van der Waals surface area contributed by atoms with Gasteiger partial charge >= 0.3 is 12.2 Å². The van der Waals surface area contributed by atoms with Gasteiger partial charge in [0.15, 0.2) is 22.7 Å². The van der Waals surface area contributed by atoms with E-state index >= 15 is 0 Å². The highest BCUT2D eigenvalue weighted by atomic mass is 16.6. The number of amides is 2. The molecule has 194 valence electrons. The number of unbranched alkanes of at least 4 members (excludes halogenated alkanes) is 5. The molecule has 2 heterocycles. The van der Waals surface area contributed by atoms with Crippen LogP contribution in [0.15, 0.2) is 0 Å². The monoisotopic (exact) mass is 480 g/mol. The number of ether oxygens (including phenoxy) is 2. The van der Waals surface area contributed by atoms with Crippen LogP contribution in [0.2, 0.25) is 0 Å². The lowest BCUT2D eigenvalue weighted by Gasteiger charge is -2.42. The fourth-order valence-corrected chi connectivity index (χ4v) is 6.75. The predicted octanol–water partition coefficient (Wildman–Crippen LogP) is 5.05. The maximum Gasteiger partial charge on any atom is 0.412 e. The van der Waals surface area contributed by atoms with Gasteiger partial charge in [0.05, 0.1) is 0 Å². The van der Waals surface area contributed by atoms with E-state index in [1.165, 1.54) is 9.80 Å².